The molecule has 0 N–H and O–H groups in total. The van der Waals surface area contributed by atoms with Crippen molar-refractivity contribution in [1.29, 1.82) is 0 Å². The van der Waals surface area contributed by atoms with Crippen LogP contribution < -0.4 is 0 Å². The molecule has 2 heterocycles. The summed E-state index contributed by atoms with van der Waals surface area (Å²) in [5, 5.41) is 0. The van der Waals surface area contributed by atoms with Gasteiger partial charge in [-0.25, -0.2) is 0 Å². The number of rotatable bonds is 12. The van der Waals surface area contributed by atoms with Crippen LogP contribution >= 0.6 is 0 Å². The molecule has 1 unspecified atom stereocenters. The summed E-state index contributed by atoms with van der Waals surface area (Å²) in [6, 6.07) is 0. The lowest BCUT2D eigenvalue weighted by Gasteiger charge is -2.23. The van der Waals surface area contributed by atoms with Gasteiger partial charge in [0.25, 0.3) is 0 Å². The molecule has 0 spiro atoms. The summed E-state index contributed by atoms with van der Waals surface area (Å²) >= 11 is 0. The summed E-state index contributed by atoms with van der Waals surface area (Å²) in [6.45, 7) is 7.98. The molecule has 2 fully saturated rings. The molecule has 0 aromatic rings. The van der Waals surface area contributed by atoms with Gasteiger partial charge in [0.2, 0.25) is 0 Å². The second kappa shape index (κ2) is 11.5. The highest BCUT2D eigenvalue weighted by Crippen LogP contribution is 2.33. The molecule has 2 aliphatic rings. The van der Waals surface area contributed by atoms with Crippen molar-refractivity contribution >= 4 is 0 Å². The van der Waals surface area contributed by atoms with Crippen LogP contribution in [0.3, 0.4) is 0 Å². The van der Waals surface area contributed by atoms with E-state index in [2.05, 4.69) is 13.8 Å². The maximum atomic E-state index is 6.18. The van der Waals surface area contributed by atoms with Crippen LogP contribution in [-0.4, -0.2) is 43.9 Å². The van der Waals surface area contributed by atoms with Crippen molar-refractivity contribution in [2.24, 2.45) is 0 Å². The van der Waals surface area contributed by atoms with Gasteiger partial charge >= 0.3 is 0 Å². The van der Waals surface area contributed by atoms with Crippen molar-refractivity contribution in [2.45, 2.75) is 116 Å². The number of hydrogen-bond donors (Lipinski definition) is 0. The first-order valence-electron chi connectivity index (χ1n) is 10.3. The fraction of sp³-hybridized carbons (Fsp3) is 1.00. The van der Waals surface area contributed by atoms with Crippen LogP contribution in [0.1, 0.15) is 85.0 Å². The summed E-state index contributed by atoms with van der Waals surface area (Å²) in [5.41, 5.74) is 0. The van der Waals surface area contributed by atoms with Crippen LogP contribution in [0.5, 0.6) is 0 Å². The lowest BCUT2D eigenvalue weighted by Crippen LogP contribution is -2.31. The van der Waals surface area contributed by atoms with Gasteiger partial charge in [-0.2, -0.15) is 0 Å². The van der Waals surface area contributed by atoms with Gasteiger partial charge in [0, 0.05) is 19.6 Å². The largest absolute Gasteiger partial charge is 0.376 e. The molecule has 0 aliphatic carbocycles. The average molecular weight is 343 g/mol. The summed E-state index contributed by atoms with van der Waals surface area (Å²) in [5.74, 6) is 0. The van der Waals surface area contributed by atoms with E-state index in [1.165, 1.54) is 32.1 Å². The fourth-order valence-electron chi connectivity index (χ4n) is 3.80. The Kier molecular flexibility index (Phi) is 9.62. The molecule has 2 saturated heterocycles. The molecule has 0 amide bonds. The van der Waals surface area contributed by atoms with Gasteiger partial charge in [-0.15, -0.1) is 0 Å². The van der Waals surface area contributed by atoms with Crippen LogP contribution in [0.4, 0.5) is 0 Å². The first kappa shape index (κ1) is 20.2. The second-order valence-electron chi connectivity index (χ2n) is 7.27. The highest BCUT2D eigenvalue weighted by molar-refractivity contribution is 4.85. The minimum atomic E-state index is -0.0161. The van der Waals surface area contributed by atoms with Crippen molar-refractivity contribution in [3.63, 3.8) is 0 Å². The van der Waals surface area contributed by atoms with Crippen LogP contribution in [0.15, 0.2) is 0 Å². The van der Waals surface area contributed by atoms with Crippen molar-refractivity contribution in [3.8, 4) is 0 Å². The summed E-state index contributed by atoms with van der Waals surface area (Å²) in [4.78, 5) is 0. The van der Waals surface area contributed by atoms with Crippen molar-refractivity contribution in [3.05, 3.63) is 0 Å². The molecule has 0 aromatic heterocycles. The molecule has 5 atom stereocenters. The standard InChI is InChI=1S/C20H38O4/c1-4-6-7-8-9-10-15-22-20-14-13-19(24-20)18-12-11-17(23-18)16(3)21-5-2/h16-20H,4-15H2,1-3H3/t16-,17+,18-,19+,20?/m1/s1. The minimum absolute atomic E-state index is 0.0161. The SMILES string of the molecule is CCCCCCCCOC1CC[C@@H]([C@H]2CC[C@@H]([C@@H](C)OCC)O2)O1. The van der Waals surface area contributed by atoms with Gasteiger partial charge in [0.05, 0.1) is 24.4 Å². The Labute approximate surface area is 148 Å². The monoisotopic (exact) mass is 342 g/mol. The van der Waals surface area contributed by atoms with E-state index < -0.39 is 0 Å². The quantitative estimate of drug-likeness (QED) is 0.476. The van der Waals surface area contributed by atoms with Crippen molar-refractivity contribution in [2.75, 3.05) is 13.2 Å². The molecule has 0 radical (unpaired) electrons. The zero-order valence-electron chi connectivity index (χ0n) is 16.0. The molecule has 4 heteroatoms. The second-order valence-corrected chi connectivity index (χ2v) is 7.27. The number of unbranched alkanes of at least 4 members (excludes halogenated alkanes) is 5. The maximum absolute atomic E-state index is 6.18. The third kappa shape index (κ3) is 6.62. The van der Waals surface area contributed by atoms with E-state index in [-0.39, 0.29) is 30.7 Å². The van der Waals surface area contributed by atoms with Crippen LogP contribution in [-0.2, 0) is 18.9 Å². The summed E-state index contributed by atoms with van der Waals surface area (Å²) in [7, 11) is 0. The Morgan fingerprint density at radius 2 is 1.58 bits per heavy atom. The van der Waals surface area contributed by atoms with Gasteiger partial charge in [0.1, 0.15) is 0 Å². The Bertz CT molecular complexity index is 323. The zero-order valence-corrected chi connectivity index (χ0v) is 16.0. The highest BCUT2D eigenvalue weighted by atomic mass is 16.7. The summed E-state index contributed by atoms with van der Waals surface area (Å²) < 4.78 is 23.9. The Morgan fingerprint density at radius 1 is 0.875 bits per heavy atom. The predicted molar refractivity (Wildman–Crippen MR) is 96.2 cm³/mol. The Hall–Kier alpha value is -0.160. The molecular weight excluding hydrogens is 304 g/mol. The zero-order chi connectivity index (χ0) is 17.2. The molecule has 0 aromatic carbocycles. The van der Waals surface area contributed by atoms with E-state index in [9.17, 15) is 0 Å². The normalized spacial score (nSPS) is 31.6. The van der Waals surface area contributed by atoms with Gasteiger partial charge in [-0.3, -0.25) is 0 Å². The lowest BCUT2D eigenvalue weighted by atomic mass is 10.1. The van der Waals surface area contributed by atoms with E-state index in [4.69, 9.17) is 18.9 Å². The average Bonchev–Trinajstić information content (AvgIpc) is 3.23. The fourth-order valence-corrected chi connectivity index (χ4v) is 3.80. The van der Waals surface area contributed by atoms with Gasteiger partial charge in [0.15, 0.2) is 6.29 Å². The predicted octanol–water partition coefficient (Wildman–Crippen LogP) is 4.84. The van der Waals surface area contributed by atoms with Gasteiger partial charge in [-0.1, -0.05) is 39.0 Å². The molecule has 2 aliphatic heterocycles. The number of ether oxygens (including phenoxy) is 4. The van der Waals surface area contributed by atoms with Crippen LogP contribution in [0.2, 0.25) is 0 Å². The molecule has 142 valence electrons. The van der Waals surface area contributed by atoms with Gasteiger partial charge < -0.3 is 18.9 Å². The van der Waals surface area contributed by atoms with E-state index in [1.807, 2.05) is 6.92 Å². The molecule has 0 bridgehead atoms. The smallest absolute Gasteiger partial charge is 0.158 e. The topological polar surface area (TPSA) is 36.9 Å². The third-order valence-corrected chi connectivity index (χ3v) is 5.27. The van der Waals surface area contributed by atoms with Crippen molar-refractivity contribution in [1.82, 2.24) is 0 Å². The highest BCUT2D eigenvalue weighted by Gasteiger charge is 2.39. The molecule has 2 rings (SSSR count). The molecule has 24 heavy (non-hydrogen) atoms. The Balaban J connectivity index is 1.55. The summed E-state index contributed by atoms with van der Waals surface area (Å²) in [6.07, 6.45) is 12.8. The Morgan fingerprint density at radius 3 is 2.38 bits per heavy atom. The first-order valence-corrected chi connectivity index (χ1v) is 10.3. The molecular formula is C20H38O4. The molecule has 4 nitrogen and oxygen atoms in total. The van der Waals surface area contributed by atoms with E-state index >= 15 is 0 Å². The maximum Gasteiger partial charge on any atom is 0.158 e. The van der Waals surface area contributed by atoms with Crippen molar-refractivity contribution < 1.29 is 18.9 Å². The first-order chi connectivity index (χ1) is 11.7. The van der Waals surface area contributed by atoms with Crippen LogP contribution in [0, 0.1) is 0 Å². The van der Waals surface area contributed by atoms with E-state index in [0.29, 0.717) is 0 Å². The van der Waals surface area contributed by atoms with Gasteiger partial charge in [-0.05, 0) is 39.5 Å². The molecule has 0 saturated carbocycles. The van der Waals surface area contributed by atoms with E-state index in [1.54, 1.807) is 0 Å². The number of hydrogen-bond acceptors (Lipinski definition) is 4. The van der Waals surface area contributed by atoms with E-state index in [0.717, 1.165) is 45.3 Å². The van der Waals surface area contributed by atoms with Crippen LogP contribution in [0.25, 0.3) is 0 Å². The minimum Gasteiger partial charge on any atom is -0.376 e. The lowest BCUT2D eigenvalue weighted by molar-refractivity contribution is -0.165. The third-order valence-electron chi connectivity index (χ3n) is 5.27.